The van der Waals surface area contributed by atoms with Gasteiger partial charge in [0.1, 0.15) is 0 Å². The highest BCUT2D eigenvalue weighted by atomic mass is 16.2. The third kappa shape index (κ3) is 5.01. The second-order valence-electron chi connectivity index (χ2n) is 5.23. The first kappa shape index (κ1) is 16.2. The van der Waals surface area contributed by atoms with Gasteiger partial charge >= 0.3 is 0 Å². The predicted molar refractivity (Wildman–Crippen MR) is 78.5 cm³/mol. The lowest BCUT2D eigenvalue weighted by Crippen LogP contribution is -2.47. The Morgan fingerprint density at radius 1 is 1.20 bits per heavy atom. The number of rotatable bonds is 7. The van der Waals surface area contributed by atoms with Crippen LogP contribution in [0.3, 0.4) is 0 Å². The zero-order valence-electron chi connectivity index (χ0n) is 12.1. The Labute approximate surface area is 119 Å². The van der Waals surface area contributed by atoms with E-state index in [4.69, 9.17) is 11.5 Å². The summed E-state index contributed by atoms with van der Waals surface area (Å²) >= 11 is 0. The smallest absolute Gasteiger partial charge is 0.240 e. The summed E-state index contributed by atoms with van der Waals surface area (Å²) in [7, 11) is 0. The molecule has 1 aromatic carbocycles. The highest BCUT2D eigenvalue weighted by molar-refractivity contribution is 5.82. The van der Waals surface area contributed by atoms with Gasteiger partial charge in [0.25, 0.3) is 0 Å². The third-order valence-electron chi connectivity index (χ3n) is 3.16. The van der Waals surface area contributed by atoms with Gasteiger partial charge in [-0.1, -0.05) is 44.2 Å². The zero-order chi connectivity index (χ0) is 15.1. The quantitative estimate of drug-likeness (QED) is 0.775. The van der Waals surface area contributed by atoms with Crippen LogP contribution in [0, 0.1) is 5.92 Å². The van der Waals surface area contributed by atoms with E-state index in [1.165, 1.54) is 0 Å². The van der Waals surface area contributed by atoms with Crippen LogP contribution in [0.2, 0.25) is 0 Å². The van der Waals surface area contributed by atoms with Gasteiger partial charge in [-0.15, -0.1) is 0 Å². The van der Waals surface area contributed by atoms with Gasteiger partial charge in [-0.05, 0) is 11.5 Å². The van der Waals surface area contributed by atoms with E-state index >= 15 is 0 Å². The first-order valence-electron chi connectivity index (χ1n) is 6.78. The summed E-state index contributed by atoms with van der Waals surface area (Å²) in [5.74, 6) is -0.520. The molecule has 1 unspecified atom stereocenters. The van der Waals surface area contributed by atoms with Crippen molar-refractivity contribution in [3.63, 3.8) is 0 Å². The number of nitrogens with zero attached hydrogens (tertiary/aromatic N) is 1. The van der Waals surface area contributed by atoms with E-state index in [-0.39, 0.29) is 18.2 Å². The summed E-state index contributed by atoms with van der Waals surface area (Å²) in [6, 6.07) is 9.05. The molecule has 0 saturated carbocycles. The van der Waals surface area contributed by atoms with Crippen LogP contribution in [-0.2, 0) is 16.1 Å². The molecule has 5 heteroatoms. The molecule has 0 bridgehead atoms. The molecule has 0 radical (unpaired) electrons. The second kappa shape index (κ2) is 7.65. The largest absolute Gasteiger partial charge is 0.370 e. The first-order chi connectivity index (χ1) is 9.41. The molecule has 0 spiro atoms. The molecule has 1 atom stereocenters. The highest BCUT2D eigenvalue weighted by Gasteiger charge is 2.23. The molecule has 0 fully saturated rings. The van der Waals surface area contributed by atoms with E-state index in [1.54, 1.807) is 4.90 Å². The van der Waals surface area contributed by atoms with Crippen LogP contribution in [0.25, 0.3) is 0 Å². The summed E-state index contributed by atoms with van der Waals surface area (Å²) < 4.78 is 0. The van der Waals surface area contributed by atoms with Crippen molar-refractivity contribution in [3.8, 4) is 0 Å². The number of benzene rings is 1. The topological polar surface area (TPSA) is 89.4 Å². The SMILES string of the molecule is CC(C)C(N)C(=O)N(CCC(N)=O)Cc1ccccc1. The maximum absolute atomic E-state index is 12.4. The molecular weight excluding hydrogens is 254 g/mol. The Morgan fingerprint density at radius 3 is 2.30 bits per heavy atom. The minimum atomic E-state index is -0.563. The van der Waals surface area contributed by atoms with Crippen LogP contribution in [0.1, 0.15) is 25.8 Å². The Kier molecular flexibility index (Phi) is 6.18. The van der Waals surface area contributed by atoms with Crippen LogP contribution < -0.4 is 11.5 Å². The van der Waals surface area contributed by atoms with Gasteiger partial charge in [0.15, 0.2) is 0 Å². The van der Waals surface area contributed by atoms with Crippen molar-refractivity contribution >= 4 is 11.8 Å². The van der Waals surface area contributed by atoms with Crippen LogP contribution in [0.5, 0.6) is 0 Å². The van der Waals surface area contributed by atoms with Crippen LogP contribution in [0.15, 0.2) is 30.3 Å². The van der Waals surface area contributed by atoms with E-state index in [2.05, 4.69) is 0 Å². The van der Waals surface area contributed by atoms with Crippen molar-refractivity contribution in [2.75, 3.05) is 6.54 Å². The number of hydrogen-bond acceptors (Lipinski definition) is 3. The minimum Gasteiger partial charge on any atom is -0.370 e. The van der Waals surface area contributed by atoms with Crippen LogP contribution in [0.4, 0.5) is 0 Å². The van der Waals surface area contributed by atoms with E-state index in [9.17, 15) is 9.59 Å². The number of hydrogen-bond donors (Lipinski definition) is 2. The molecule has 1 aromatic rings. The van der Waals surface area contributed by atoms with Crippen molar-refractivity contribution < 1.29 is 9.59 Å². The molecule has 0 aliphatic heterocycles. The predicted octanol–water partition coefficient (Wildman–Crippen LogP) is 0.874. The van der Waals surface area contributed by atoms with Gasteiger partial charge in [0.2, 0.25) is 11.8 Å². The second-order valence-corrected chi connectivity index (χ2v) is 5.23. The highest BCUT2D eigenvalue weighted by Crippen LogP contribution is 2.10. The Bertz CT molecular complexity index is 446. The molecule has 5 nitrogen and oxygen atoms in total. The monoisotopic (exact) mass is 277 g/mol. The van der Waals surface area contributed by atoms with E-state index in [0.717, 1.165) is 5.56 Å². The fourth-order valence-corrected chi connectivity index (χ4v) is 1.81. The maximum atomic E-state index is 12.4. The van der Waals surface area contributed by atoms with Crippen LogP contribution in [-0.4, -0.2) is 29.3 Å². The standard InChI is InChI=1S/C15H23N3O2/c1-11(2)14(17)15(20)18(9-8-13(16)19)10-12-6-4-3-5-7-12/h3-7,11,14H,8-10,17H2,1-2H3,(H2,16,19). The third-order valence-corrected chi connectivity index (χ3v) is 3.16. The summed E-state index contributed by atoms with van der Waals surface area (Å²) in [5, 5.41) is 0. The lowest BCUT2D eigenvalue weighted by molar-refractivity contribution is -0.134. The lowest BCUT2D eigenvalue weighted by Gasteiger charge is -2.27. The fourth-order valence-electron chi connectivity index (χ4n) is 1.81. The average molecular weight is 277 g/mol. The van der Waals surface area contributed by atoms with Crippen molar-refractivity contribution in [3.05, 3.63) is 35.9 Å². The Hall–Kier alpha value is -1.88. The van der Waals surface area contributed by atoms with E-state index < -0.39 is 11.9 Å². The maximum Gasteiger partial charge on any atom is 0.240 e. The molecular formula is C15H23N3O2. The molecule has 0 heterocycles. The number of carbonyl (C=O) groups is 2. The average Bonchev–Trinajstić information content (AvgIpc) is 2.42. The fraction of sp³-hybridized carbons (Fsp3) is 0.467. The van der Waals surface area contributed by atoms with Crippen molar-refractivity contribution in [1.29, 1.82) is 0 Å². The van der Waals surface area contributed by atoms with E-state index in [1.807, 2.05) is 44.2 Å². The number of nitrogens with two attached hydrogens (primary N) is 2. The van der Waals surface area contributed by atoms with Gasteiger partial charge in [-0.25, -0.2) is 0 Å². The van der Waals surface area contributed by atoms with Gasteiger partial charge < -0.3 is 16.4 Å². The first-order valence-corrected chi connectivity index (χ1v) is 6.78. The number of carbonyl (C=O) groups excluding carboxylic acids is 2. The van der Waals surface area contributed by atoms with Gasteiger partial charge in [-0.3, -0.25) is 9.59 Å². The molecule has 20 heavy (non-hydrogen) atoms. The molecule has 0 aromatic heterocycles. The molecule has 4 N–H and O–H groups in total. The summed E-state index contributed by atoms with van der Waals surface area (Å²) in [6.45, 7) is 4.53. The molecule has 0 saturated heterocycles. The Balaban J connectivity index is 2.79. The van der Waals surface area contributed by atoms with E-state index in [0.29, 0.717) is 13.1 Å². The minimum absolute atomic E-state index is 0.0503. The summed E-state index contributed by atoms with van der Waals surface area (Å²) in [6.07, 6.45) is 0.142. The molecule has 0 aliphatic carbocycles. The molecule has 1 rings (SSSR count). The zero-order valence-corrected chi connectivity index (χ0v) is 12.1. The number of amides is 2. The Morgan fingerprint density at radius 2 is 1.80 bits per heavy atom. The molecule has 110 valence electrons. The molecule has 2 amide bonds. The normalized spacial score (nSPS) is 12.2. The van der Waals surface area contributed by atoms with Crippen molar-refractivity contribution in [1.82, 2.24) is 4.90 Å². The van der Waals surface area contributed by atoms with Crippen LogP contribution >= 0.6 is 0 Å². The number of primary amides is 1. The van der Waals surface area contributed by atoms with Gasteiger partial charge in [0, 0.05) is 19.5 Å². The lowest BCUT2D eigenvalue weighted by atomic mass is 10.0. The molecule has 0 aliphatic rings. The summed E-state index contributed by atoms with van der Waals surface area (Å²) in [4.78, 5) is 24.9. The van der Waals surface area contributed by atoms with Crippen molar-refractivity contribution in [2.45, 2.75) is 32.9 Å². The van der Waals surface area contributed by atoms with Gasteiger partial charge in [-0.2, -0.15) is 0 Å². The van der Waals surface area contributed by atoms with Crippen molar-refractivity contribution in [2.24, 2.45) is 17.4 Å². The summed E-state index contributed by atoms with van der Waals surface area (Å²) in [5.41, 5.74) is 12.1. The van der Waals surface area contributed by atoms with Gasteiger partial charge in [0.05, 0.1) is 6.04 Å².